The highest BCUT2D eigenvalue weighted by atomic mass is 35.5. The summed E-state index contributed by atoms with van der Waals surface area (Å²) in [6.07, 6.45) is -4.69. The summed E-state index contributed by atoms with van der Waals surface area (Å²) in [4.78, 5) is 11.2. The summed E-state index contributed by atoms with van der Waals surface area (Å²) in [6.45, 7) is 4.75. The predicted octanol–water partition coefficient (Wildman–Crippen LogP) is 3.71. The molecule has 0 spiro atoms. The highest BCUT2D eigenvalue weighted by Gasteiger charge is 2.42. The number of sulfonamides is 1. The minimum Gasteiger partial charge on any atom is -0.460 e. The first-order valence-electron chi connectivity index (χ1n) is 7.81. The Morgan fingerprint density at radius 2 is 1.88 bits per heavy atom. The number of halogens is 4. The summed E-state index contributed by atoms with van der Waals surface area (Å²) >= 11 is 5.59. The van der Waals surface area contributed by atoms with Crippen molar-refractivity contribution < 1.29 is 31.1 Å². The van der Waals surface area contributed by atoms with Crippen molar-refractivity contribution in [2.24, 2.45) is 5.92 Å². The number of ether oxygens (including phenoxy) is 1. The van der Waals surface area contributed by atoms with Crippen LogP contribution in [0, 0.1) is 5.92 Å². The fourth-order valence-electron chi connectivity index (χ4n) is 2.61. The van der Waals surface area contributed by atoms with Gasteiger partial charge in [-0.15, -0.1) is 0 Å². The molecule has 1 aromatic rings. The maximum atomic E-state index is 13.2. The second-order valence-electron chi connectivity index (χ2n) is 7.02. The van der Waals surface area contributed by atoms with Crippen molar-refractivity contribution in [2.45, 2.75) is 43.9 Å². The molecule has 146 valence electrons. The molecule has 1 atom stereocenters. The quantitative estimate of drug-likeness (QED) is 0.708. The van der Waals surface area contributed by atoms with E-state index in [-0.39, 0.29) is 24.5 Å². The van der Waals surface area contributed by atoms with E-state index in [1.54, 1.807) is 20.8 Å². The van der Waals surface area contributed by atoms with Gasteiger partial charge in [0.1, 0.15) is 5.60 Å². The van der Waals surface area contributed by atoms with Gasteiger partial charge < -0.3 is 4.74 Å². The number of nitrogens with zero attached hydrogens (tertiary/aromatic N) is 1. The fourth-order valence-corrected chi connectivity index (χ4v) is 4.48. The van der Waals surface area contributed by atoms with E-state index in [4.69, 9.17) is 16.3 Å². The van der Waals surface area contributed by atoms with Gasteiger partial charge in [0.2, 0.25) is 10.0 Å². The lowest BCUT2D eigenvalue weighted by molar-refractivity contribution is -0.159. The summed E-state index contributed by atoms with van der Waals surface area (Å²) in [6, 6.07) is 2.50. The van der Waals surface area contributed by atoms with Gasteiger partial charge in [0.15, 0.2) is 0 Å². The van der Waals surface area contributed by atoms with Gasteiger partial charge in [0.25, 0.3) is 0 Å². The van der Waals surface area contributed by atoms with Gasteiger partial charge >= 0.3 is 12.1 Å². The van der Waals surface area contributed by atoms with Crippen LogP contribution in [0.5, 0.6) is 0 Å². The third-order valence-corrected chi connectivity index (χ3v) is 5.91. The smallest absolute Gasteiger partial charge is 0.417 e. The minimum atomic E-state index is -4.88. The van der Waals surface area contributed by atoms with Gasteiger partial charge in [0, 0.05) is 18.1 Å². The van der Waals surface area contributed by atoms with Gasteiger partial charge in [-0.05, 0) is 45.4 Å². The van der Waals surface area contributed by atoms with Crippen LogP contribution in [-0.2, 0) is 25.7 Å². The summed E-state index contributed by atoms with van der Waals surface area (Å²) in [5.74, 6) is -1.28. The van der Waals surface area contributed by atoms with Crippen molar-refractivity contribution in [1.29, 1.82) is 0 Å². The summed E-state index contributed by atoms with van der Waals surface area (Å²) in [5.41, 5.74) is -2.06. The maximum absolute atomic E-state index is 13.2. The number of alkyl halides is 3. The molecule has 0 bridgehead atoms. The molecule has 26 heavy (non-hydrogen) atoms. The predicted molar refractivity (Wildman–Crippen MR) is 89.2 cm³/mol. The van der Waals surface area contributed by atoms with E-state index in [9.17, 15) is 26.4 Å². The number of rotatable bonds is 3. The first-order valence-corrected chi connectivity index (χ1v) is 9.63. The molecule has 0 aromatic heterocycles. The average Bonchev–Trinajstić information content (AvgIpc) is 2.94. The van der Waals surface area contributed by atoms with Crippen LogP contribution in [0.15, 0.2) is 23.1 Å². The van der Waals surface area contributed by atoms with Gasteiger partial charge in [-0.2, -0.15) is 17.5 Å². The SMILES string of the molecule is CC(C)(C)OC(=O)[C@H]1CCN(S(=O)(=O)c2ccc(Cl)cc2C(F)(F)F)C1. The molecule has 2 rings (SSSR count). The lowest BCUT2D eigenvalue weighted by atomic mass is 10.1. The molecule has 1 aromatic carbocycles. The number of hydrogen-bond donors (Lipinski definition) is 0. The molecule has 0 amide bonds. The molecule has 1 aliphatic rings. The molecule has 5 nitrogen and oxygen atoms in total. The molecule has 0 unspecified atom stereocenters. The van der Waals surface area contributed by atoms with E-state index in [0.717, 1.165) is 16.4 Å². The van der Waals surface area contributed by atoms with Crippen molar-refractivity contribution in [3.8, 4) is 0 Å². The molecule has 0 saturated carbocycles. The summed E-state index contributed by atoms with van der Waals surface area (Å²) in [5, 5.41) is -0.218. The van der Waals surface area contributed by atoms with Crippen LogP contribution in [-0.4, -0.2) is 37.4 Å². The van der Waals surface area contributed by atoms with Crippen LogP contribution >= 0.6 is 11.6 Å². The minimum absolute atomic E-state index is 0.0633. The van der Waals surface area contributed by atoms with E-state index in [1.807, 2.05) is 0 Å². The number of carbonyl (C=O) groups excluding carboxylic acids is 1. The number of esters is 1. The van der Waals surface area contributed by atoms with E-state index in [0.29, 0.717) is 6.07 Å². The first kappa shape index (κ1) is 21.0. The van der Waals surface area contributed by atoms with E-state index >= 15 is 0 Å². The van der Waals surface area contributed by atoms with Gasteiger partial charge in [-0.25, -0.2) is 8.42 Å². The van der Waals surface area contributed by atoms with Gasteiger partial charge in [-0.3, -0.25) is 4.79 Å². The second-order valence-corrected chi connectivity index (χ2v) is 9.36. The number of hydrogen-bond acceptors (Lipinski definition) is 4. The fraction of sp³-hybridized carbons (Fsp3) is 0.562. The molecule has 1 aliphatic heterocycles. The molecule has 0 N–H and O–H groups in total. The van der Waals surface area contributed by atoms with Gasteiger partial charge in [0.05, 0.1) is 16.4 Å². The Labute approximate surface area is 155 Å². The zero-order valence-corrected chi connectivity index (χ0v) is 16.0. The van der Waals surface area contributed by atoms with Crippen molar-refractivity contribution >= 4 is 27.6 Å². The van der Waals surface area contributed by atoms with Crippen LogP contribution in [0.25, 0.3) is 0 Å². The Hall–Kier alpha value is -1.32. The zero-order valence-electron chi connectivity index (χ0n) is 14.4. The van der Waals surface area contributed by atoms with Crippen molar-refractivity contribution in [3.05, 3.63) is 28.8 Å². The maximum Gasteiger partial charge on any atom is 0.417 e. The average molecular weight is 414 g/mol. The topological polar surface area (TPSA) is 63.7 Å². The molecule has 10 heteroatoms. The first-order chi connectivity index (χ1) is 11.7. The standard InChI is InChI=1S/C16H19ClF3NO4S/c1-15(2,3)25-14(22)10-6-7-21(9-10)26(23,24)13-5-4-11(17)8-12(13)16(18,19)20/h4-5,8,10H,6-7,9H2,1-3H3/t10-/m0/s1. The molecule has 0 radical (unpaired) electrons. The van der Waals surface area contributed by atoms with Crippen LogP contribution in [0.3, 0.4) is 0 Å². The van der Waals surface area contributed by atoms with Crippen LogP contribution < -0.4 is 0 Å². The summed E-state index contributed by atoms with van der Waals surface area (Å²) in [7, 11) is -4.43. The molecule has 0 aliphatic carbocycles. The highest BCUT2D eigenvalue weighted by Crippen LogP contribution is 2.38. The van der Waals surface area contributed by atoms with Gasteiger partial charge in [-0.1, -0.05) is 11.6 Å². The number of benzene rings is 1. The molecule has 1 heterocycles. The van der Waals surface area contributed by atoms with E-state index < -0.39 is 44.1 Å². The Morgan fingerprint density at radius 1 is 1.27 bits per heavy atom. The Balaban J connectivity index is 2.29. The lowest BCUT2D eigenvalue weighted by Crippen LogP contribution is -2.33. The van der Waals surface area contributed by atoms with E-state index in [1.165, 1.54) is 0 Å². The van der Waals surface area contributed by atoms with Crippen molar-refractivity contribution in [1.82, 2.24) is 4.31 Å². The molecule has 1 fully saturated rings. The monoisotopic (exact) mass is 413 g/mol. The Bertz CT molecular complexity index is 803. The Morgan fingerprint density at radius 3 is 2.42 bits per heavy atom. The largest absolute Gasteiger partial charge is 0.460 e. The van der Waals surface area contributed by atoms with E-state index in [2.05, 4.69) is 0 Å². The van der Waals surface area contributed by atoms with Crippen LogP contribution in [0.1, 0.15) is 32.8 Å². The third kappa shape index (κ3) is 4.69. The summed E-state index contributed by atoms with van der Waals surface area (Å²) < 4.78 is 71.2. The normalized spacial score (nSPS) is 19.6. The molecular weight excluding hydrogens is 395 g/mol. The van der Waals surface area contributed by atoms with Crippen LogP contribution in [0.2, 0.25) is 5.02 Å². The molecular formula is C16H19ClF3NO4S. The second kappa shape index (κ2) is 7.01. The third-order valence-electron chi connectivity index (χ3n) is 3.76. The van der Waals surface area contributed by atoms with Crippen LogP contribution in [0.4, 0.5) is 13.2 Å². The Kier molecular flexibility index (Phi) is 5.66. The number of carbonyl (C=O) groups is 1. The van der Waals surface area contributed by atoms with Crippen molar-refractivity contribution in [3.63, 3.8) is 0 Å². The van der Waals surface area contributed by atoms with Crippen molar-refractivity contribution in [2.75, 3.05) is 13.1 Å². The lowest BCUT2D eigenvalue weighted by Gasteiger charge is -2.22. The zero-order chi connectivity index (χ0) is 19.9. The molecule has 1 saturated heterocycles. The highest BCUT2D eigenvalue weighted by molar-refractivity contribution is 7.89.